The monoisotopic (exact) mass is 435 g/mol. The van der Waals surface area contributed by atoms with Crippen molar-refractivity contribution in [3.8, 4) is 0 Å². The van der Waals surface area contributed by atoms with Gasteiger partial charge in [0.2, 0.25) is 0 Å². The molecule has 4 unspecified atom stereocenters. The summed E-state index contributed by atoms with van der Waals surface area (Å²) in [4.78, 5) is 0. The van der Waals surface area contributed by atoms with E-state index in [2.05, 4.69) is 115 Å². The maximum absolute atomic E-state index is 9.37. The second kappa shape index (κ2) is 10.4. The zero-order valence-corrected chi connectivity index (χ0v) is 19.1. The quantitative estimate of drug-likeness (QED) is 0.297. The molecular weight excluding hydrogens is 412 g/mol. The minimum atomic E-state index is -1.02. The summed E-state index contributed by atoms with van der Waals surface area (Å²) < 4.78 is 9.37. The maximum Gasteiger partial charge on any atom is 0.0683 e. The van der Waals surface area contributed by atoms with E-state index in [9.17, 15) is 1.28 Å². The summed E-state index contributed by atoms with van der Waals surface area (Å²) in [5.41, 5.74) is 0. The van der Waals surface area contributed by atoms with Crippen LogP contribution in [0.25, 0.3) is 0 Å². The Morgan fingerprint density at radius 3 is 1.36 bits per heavy atom. The molecule has 0 heterocycles. The Bertz CT molecular complexity index is 998. The number of hydrogen-bond donors (Lipinski definition) is 0. The van der Waals surface area contributed by atoms with Gasteiger partial charge in [0.05, 0.1) is 1.28 Å². The third-order valence-corrected chi connectivity index (χ3v) is 20.9. The van der Waals surface area contributed by atoms with Crippen molar-refractivity contribution in [1.82, 2.24) is 0 Å². The van der Waals surface area contributed by atoms with Gasteiger partial charge in [-0.25, -0.2) is 0 Å². The van der Waals surface area contributed by atoms with Crippen LogP contribution in [0.5, 0.6) is 0 Å². The summed E-state index contributed by atoms with van der Waals surface area (Å²) in [5.74, 6) is 0. The molecule has 0 radical (unpaired) electrons. The molecule has 0 amide bonds. The van der Waals surface area contributed by atoms with Gasteiger partial charge >= 0.3 is 0 Å². The lowest BCUT2D eigenvalue weighted by molar-refractivity contribution is 1.77. The highest BCUT2D eigenvalue weighted by atomic mass is 32.6. The molecular formula is C24H22P4. The Hall–Kier alpha value is -1.40. The first-order valence-corrected chi connectivity index (χ1v) is 16.0. The van der Waals surface area contributed by atoms with Crippen LogP contribution in [-0.4, -0.2) is 1.28 Å². The molecule has 4 aromatic carbocycles. The van der Waals surface area contributed by atoms with Crippen molar-refractivity contribution < 1.29 is 0 Å². The summed E-state index contributed by atoms with van der Waals surface area (Å²) >= 11 is 0. The molecule has 0 aromatic heterocycles. The van der Waals surface area contributed by atoms with E-state index in [1.54, 1.807) is 0 Å². The molecule has 0 aliphatic carbocycles. The Kier molecular flexibility index (Phi) is 6.91. The minimum Gasteiger partial charge on any atom is -0.0622 e. The highest BCUT2D eigenvalue weighted by Crippen LogP contribution is 2.84. The van der Waals surface area contributed by atoms with Gasteiger partial charge in [-0.15, -0.1) is 0 Å². The van der Waals surface area contributed by atoms with Crippen LogP contribution in [0.3, 0.4) is 0 Å². The van der Waals surface area contributed by atoms with E-state index < -0.39 is 22.8 Å². The van der Waals surface area contributed by atoms with Gasteiger partial charge in [-0.05, 0) is 35.8 Å². The Morgan fingerprint density at radius 2 is 0.857 bits per heavy atom. The summed E-state index contributed by atoms with van der Waals surface area (Å²) in [6.07, 6.45) is 0. The van der Waals surface area contributed by atoms with Crippen LogP contribution in [0.2, 0.25) is 0 Å². The third kappa shape index (κ3) is 5.35. The van der Waals surface area contributed by atoms with Crippen molar-refractivity contribution in [1.29, 1.82) is 1.28 Å². The van der Waals surface area contributed by atoms with Crippen molar-refractivity contribution in [2.24, 2.45) is 0 Å². The van der Waals surface area contributed by atoms with Crippen molar-refractivity contribution >= 4 is 52.3 Å². The Balaban J connectivity index is 1.81. The normalized spacial score (nSPS) is 15.1. The van der Waals surface area contributed by atoms with Gasteiger partial charge < -0.3 is 0 Å². The van der Waals surface area contributed by atoms with Gasteiger partial charge in [-0.2, -0.15) is 0 Å². The lowest BCUT2D eigenvalue weighted by atomic mass is 10.4. The van der Waals surface area contributed by atoms with Crippen LogP contribution in [-0.2, 0) is 0 Å². The fourth-order valence-electron chi connectivity index (χ4n) is 2.81. The first-order valence-electron chi connectivity index (χ1n) is 9.63. The fraction of sp³-hybridized carbons (Fsp3) is 0. The van der Waals surface area contributed by atoms with Crippen LogP contribution >= 0.6 is 31.1 Å². The zero-order chi connectivity index (χ0) is 19.9. The van der Waals surface area contributed by atoms with Gasteiger partial charge in [0.1, 0.15) is 0 Å². The van der Waals surface area contributed by atoms with Crippen LogP contribution in [0, 0.1) is 0 Å². The molecule has 4 atom stereocenters. The average molecular weight is 435 g/mol. The van der Waals surface area contributed by atoms with E-state index in [1.165, 1.54) is 21.2 Å². The van der Waals surface area contributed by atoms with Crippen LogP contribution in [0.4, 0.5) is 0 Å². The fourth-order valence-corrected chi connectivity index (χ4v) is 20.2. The first-order chi connectivity index (χ1) is 14.3. The van der Waals surface area contributed by atoms with Gasteiger partial charge in [0.25, 0.3) is 0 Å². The second-order valence-corrected chi connectivity index (χ2v) is 18.2. The maximum atomic E-state index is 9.37. The first kappa shape index (κ1) is 18.6. The number of rotatable bonds is 7. The van der Waals surface area contributed by atoms with Gasteiger partial charge in [0.15, 0.2) is 0 Å². The molecule has 0 aliphatic heterocycles. The average Bonchev–Trinajstić information content (AvgIpc) is 2.81. The van der Waals surface area contributed by atoms with Crippen LogP contribution in [0.15, 0.2) is 121 Å². The van der Waals surface area contributed by atoms with Crippen LogP contribution in [0.1, 0.15) is 0 Å². The van der Waals surface area contributed by atoms with Crippen molar-refractivity contribution in [3.63, 3.8) is 0 Å². The molecule has 28 heavy (non-hydrogen) atoms. The molecule has 4 aromatic rings. The van der Waals surface area contributed by atoms with E-state index in [0.717, 1.165) is 0 Å². The van der Waals surface area contributed by atoms with Gasteiger partial charge in [-0.1, -0.05) is 138 Å². The molecule has 0 saturated carbocycles. The van der Waals surface area contributed by atoms with E-state index in [0.29, 0.717) is 8.27 Å². The Labute approximate surface area is 174 Å². The molecule has 0 nitrogen and oxygen atoms in total. The van der Waals surface area contributed by atoms with E-state index >= 15 is 0 Å². The molecule has 0 saturated heterocycles. The molecule has 0 fully saturated rings. The smallest absolute Gasteiger partial charge is 0.0622 e. The number of hydrogen-bond acceptors (Lipinski definition) is 0. The highest BCUT2D eigenvalue weighted by molar-refractivity contribution is 8.77. The standard InChI is InChI=1S/C24H22P4/c1-5-13-21(14-6-1)25-27(23-17-9-3-10-18-23)28(24-19-11-4-12-20-24)26-22-15-7-2-8-16-22/h1-20,25-26H/i25D. The largest absolute Gasteiger partial charge is 0.0683 e. The summed E-state index contributed by atoms with van der Waals surface area (Å²) in [6, 6.07) is 43.0. The summed E-state index contributed by atoms with van der Waals surface area (Å²) in [7, 11) is -1.47. The summed E-state index contributed by atoms with van der Waals surface area (Å²) in [6.45, 7) is 0. The van der Waals surface area contributed by atoms with E-state index in [1.807, 2.05) is 6.07 Å². The van der Waals surface area contributed by atoms with E-state index in [4.69, 9.17) is 0 Å². The minimum absolute atomic E-state index is 0.501. The predicted molar refractivity (Wildman–Crippen MR) is 135 cm³/mol. The SMILES string of the molecule is [2H]P(c1ccccc1)P(c1ccccc1)P(Pc1ccccc1)c1ccccc1. The lowest BCUT2D eigenvalue weighted by Gasteiger charge is -2.29. The summed E-state index contributed by atoms with van der Waals surface area (Å²) in [5, 5.41) is 5.34. The zero-order valence-electron chi connectivity index (χ0n) is 16.4. The van der Waals surface area contributed by atoms with Gasteiger partial charge in [-0.3, -0.25) is 0 Å². The highest BCUT2D eigenvalue weighted by Gasteiger charge is 2.25. The Morgan fingerprint density at radius 1 is 0.464 bits per heavy atom. The van der Waals surface area contributed by atoms with Crippen LogP contribution < -0.4 is 21.2 Å². The molecule has 0 bridgehead atoms. The number of benzene rings is 4. The third-order valence-electron chi connectivity index (χ3n) is 4.15. The predicted octanol–water partition coefficient (Wildman–Crippen LogP) is 6.35. The molecule has 138 valence electrons. The van der Waals surface area contributed by atoms with Crippen molar-refractivity contribution in [2.45, 2.75) is 0 Å². The second-order valence-electron chi connectivity index (χ2n) is 6.19. The van der Waals surface area contributed by atoms with Crippen molar-refractivity contribution in [2.75, 3.05) is 0 Å². The topological polar surface area (TPSA) is 0 Å². The molecule has 4 rings (SSSR count). The van der Waals surface area contributed by atoms with Crippen molar-refractivity contribution in [3.05, 3.63) is 121 Å². The molecule has 0 aliphatic rings. The molecule has 4 heteroatoms. The molecule has 0 N–H and O–H groups in total. The molecule has 0 spiro atoms. The lowest BCUT2D eigenvalue weighted by Crippen LogP contribution is -2.05. The van der Waals surface area contributed by atoms with E-state index in [-0.39, 0.29) is 0 Å². The van der Waals surface area contributed by atoms with Gasteiger partial charge in [0, 0.05) is 0 Å².